The fourth-order valence-corrected chi connectivity index (χ4v) is 4.62. The van der Waals surface area contributed by atoms with Gasteiger partial charge in [0.05, 0.1) is 10.6 Å². The molecular formula is C23H30N4O2S2. The van der Waals surface area contributed by atoms with Crippen LogP contribution < -0.4 is 15.4 Å². The van der Waals surface area contributed by atoms with Crippen molar-refractivity contribution in [2.45, 2.75) is 27.3 Å². The molecule has 2 aromatic carbocycles. The monoisotopic (exact) mass is 458 g/mol. The van der Waals surface area contributed by atoms with Crippen LogP contribution in [0.1, 0.15) is 29.9 Å². The topological polar surface area (TPSA) is 97.0 Å². The lowest BCUT2D eigenvalue weighted by molar-refractivity contribution is 0.690. The maximum absolute atomic E-state index is 11.4. The summed E-state index contributed by atoms with van der Waals surface area (Å²) in [4.78, 5) is 6.88. The number of hydrogen-bond donors (Lipinski definition) is 3. The second-order valence-electron chi connectivity index (χ2n) is 6.67. The Morgan fingerprint density at radius 3 is 2.58 bits per heavy atom. The summed E-state index contributed by atoms with van der Waals surface area (Å²) in [7, 11) is -1.09. The highest BCUT2D eigenvalue weighted by atomic mass is 32.2. The minimum Gasteiger partial charge on any atom is -0.412 e. The number of amidine groups is 1. The van der Waals surface area contributed by atoms with E-state index in [9.17, 15) is 4.21 Å². The molecule has 31 heavy (non-hydrogen) atoms. The molecule has 0 saturated carbocycles. The van der Waals surface area contributed by atoms with Crippen LogP contribution in [-0.4, -0.2) is 28.4 Å². The van der Waals surface area contributed by atoms with Crippen LogP contribution in [-0.2, 0) is 17.5 Å². The molecule has 8 heteroatoms. The number of hydrogen-bond acceptors (Lipinski definition) is 5. The van der Waals surface area contributed by atoms with Crippen molar-refractivity contribution < 1.29 is 9.69 Å². The van der Waals surface area contributed by atoms with Gasteiger partial charge < -0.3 is 20.8 Å². The lowest BCUT2D eigenvalue weighted by atomic mass is 10.1. The molecule has 166 valence electrons. The molecule has 2 heterocycles. The average molecular weight is 459 g/mol. The first-order valence-electron chi connectivity index (χ1n) is 10.0. The van der Waals surface area contributed by atoms with E-state index in [1.807, 2.05) is 32.0 Å². The highest BCUT2D eigenvalue weighted by molar-refractivity contribution is 7.85. The molecule has 0 radical (unpaired) electrons. The number of benzene rings is 2. The minimum atomic E-state index is -1.09. The number of nitrogens with zero attached hydrogens (tertiary/aromatic N) is 1. The van der Waals surface area contributed by atoms with Gasteiger partial charge in [-0.3, -0.25) is 0 Å². The number of rotatable bonds is 5. The van der Waals surface area contributed by atoms with Crippen molar-refractivity contribution in [2.75, 3.05) is 23.0 Å². The smallest absolute Gasteiger partial charge is 0.142 e. The van der Waals surface area contributed by atoms with Gasteiger partial charge in [0.15, 0.2) is 0 Å². The highest BCUT2D eigenvalue weighted by Crippen LogP contribution is 2.37. The minimum absolute atomic E-state index is 0. The van der Waals surface area contributed by atoms with Crippen molar-refractivity contribution in [1.29, 1.82) is 0 Å². The second kappa shape index (κ2) is 11.6. The standard InChI is InChI=1S/C21H22N4OS2.C2H6.H2O/c1-14-6-8-15(9-7-14)12-22-21-20-18(23-13-24-21)11-19(27-20)16-4-3-5-17(10-16)25-28(2)26;1-2;/h3-11,23,25H,12-13H2,1-2H3,(H,22,24);1-2H3;1H2. The fraction of sp³-hybridized carbons (Fsp3) is 0.261. The fourth-order valence-electron chi connectivity index (χ4n) is 3.05. The molecule has 3 aromatic rings. The van der Waals surface area contributed by atoms with Crippen LogP contribution in [0.3, 0.4) is 0 Å². The van der Waals surface area contributed by atoms with Gasteiger partial charge in [-0.05, 0) is 36.2 Å². The molecule has 4 rings (SSSR count). The van der Waals surface area contributed by atoms with Crippen molar-refractivity contribution in [3.8, 4) is 10.4 Å². The normalized spacial score (nSPS) is 12.7. The SMILES string of the molecule is CC.Cc1ccc(CNC2=NCNc3cc(-c4cccc(NS(C)=O)c4)sc32)cc1.O. The van der Waals surface area contributed by atoms with Gasteiger partial charge in [-0.1, -0.05) is 55.8 Å². The maximum Gasteiger partial charge on any atom is 0.142 e. The Morgan fingerprint density at radius 2 is 1.87 bits per heavy atom. The van der Waals surface area contributed by atoms with Crippen LogP contribution in [0.2, 0.25) is 0 Å². The van der Waals surface area contributed by atoms with E-state index in [0.717, 1.165) is 39.1 Å². The first-order valence-corrected chi connectivity index (χ1v) is 12.4. The first kappa shape index (κ1) is 24.6. The molecule has 1 aliphatic rings. The summed E-state index contributed by atoms with van der Waals surface area (Å²) in [6.07, 6.45) is 1.63. The third-order valence-corrected chi connectivity index (χ3v) is 6.16. The van der Waals surface area contributed by atoms with E-state index in [1.54, 1.807) is 17.6 Å². The number of aliphatic imine (C=N–C) groups is 1. The Kier molecular flexibility index (Phi) is 9.23. The third kappa shape index (κ3) is 6.40. The van der Waals surface area contributed by atoms with Crippen LogP contribution in [0.25, 0.3) is 10.4 Å². The van der Waals surface area contributed by atoms with E-state index in [1.165, 1.54) is 11.1 Å². The molecular weight excluding hydrogens is 428 g/mol. The van der Waals surface area contributed by atoms with E-state index < -0.39 is 11.0 Å². The predicted octanol–water partition coefficient (Wildman–Crippen LogP) is 4.55. The zero-order valence-electron chi connectivity index (χ0n) is 18.3. The number of nitrogens with one attached hydrogen (secondary N) is 3. The number of fused-ring (bicyclic) bond motifs is 1. The largest absolute Gasteiger partial charge is 0.412 e. The van der Waals surface area contributed by atoms with E-state index in [-0.39, 0.29) is 5.48 Å². The van der Waals surface area contributed by atoms with Crippen LogP contribution in [0.4, 0.5) is 11.4 Å². The van der Waals surface area contributed by atoms with E-state index in [0.29, 0.717) is 6.67 Å². The highest BCUT2D eigenvalue weighted by Gasteiger charge is 2.18. The van der Waals surface area contributed by atoms with Gasteiger partial charge in [0.2, 0.25) is 0 Å². The van der Waals surface area contributed by atoms with Crippen LogP contribution in [0.5, 0.6) is 0 Å². The average Bonchev–Trinajstić information content (AvgIpc) is 3.20. The Bertz CT molecular complexity index is 1050. The summed E-state index contributed by atoms with van der Waals surface area (Å²) in [6.45, 7) is 7.40. The first-order chi connectivity index (χ1) is 14.6. The number of thiophene rings is 1. The number of anilines is 2. The zero-order valence-corrected chi connectivity index (χ0v) is 19.9. The van der Waals surface area contributed by atoms with Crippen molar-refractivity contribution in [3.05, 3.63) is 70.6 Å². The van der Waals surface area contributed by atoms with Crippen molar-refractivity contribution in [2.24, 2.45) is 4.99 Å². The summed E-state index contributed by atoms with van der Waals surface area (Å²) in [5, 5.41) is 6.84. The van der Waals surface area contributed by atoms with Crippen molar-refractivity contribution in [1.82, 2.24) is 5.32 Å². The molecule has 1 aromatic heterocycles. The molecule has 1 aliphatic heterocycles. The molecule has 0 bridgehead atoms. The summed E-state index contributed by atoms with van der Waals surface area (Å²) in [5.74, 6) is 0.925. The molecule has 0 aliphatic carbocycles. The van der Waals surface area contributed by atoms with Crippen molar-refractivity contribution >= 4 is 39.5 Å². The molecule has 5 N–H and O–H groups in total. The van der Waals surface area contributed by atoms with Gasteiger partial charge in [0, 0.05) is 23.4 Å². The van der Waals surface area contributed by atoms with Gasteiger partial charge in [-0.2, -0.15) is 0 Å². The Balaban J connectivity index is 0.00000111. The Labute approximate surface area is 190 Å². The lowest BCUT2D eigenvalue weighted by Gasteiger charge is -2.16. The molecule has 0 amide bonds. The zero-order chi connectivity index (χ0) is 21.5. The summed E-state index contributed by atoms with van der Waals surface area (Å²) < 4.78 is 14.4. The molecule has 6 nitrogen and oxygen atoms in total. The Hall–Kier alpha value is -2.68. The summed E-state index contributed by atoms with van der Waals surface area (Å²) >= 11 is 1.70. The Morgan fingerprint density at radius 1 is 1.13 bits per heavy atom. The van der Waals surface area contributed by atoms with E-state index >= 15 is 0 Å². The molecule has 1 unspecified atom stereocenters. The van der Waals surface area contributed by atoms with Crippen LogP contribution >= 0.6 is 11.3 Å². The summed E-state index contributed by atoms with van der Waals surface area (Å²) in [6, 6.07) is 18.7. The van der Waals surface area contributed by atoms with Crippen molar-refractivity contribution in [3.63, 3.8) is 0 Å². The van der Waals surface area contributed by atoms with E-state index in [4.69, 9.17) is 0 Å². The lowest BCUT2D eigenvalue weighted by Crippen LogP contribution is -2.27. The van der Waals surface area contributed by atoms with Crippen LogP contribution in [0, 0.1) is 6.92 Å². The number of aryl methyl sites for hydroxylation is 1. The molecule has 0 saturated heterocycles. The molecule has 0 fully saturated rings. The summed E-state index contributed by atoms with van der Waals surface area (Å²) in [5.41, 5.74) is 5.53. The molecule has 1 atom stereocenters. The van der Waals surface area contributed by atoms with Gasteiger partial charge in [0.1, 0.15) is 23.5 Å². The van der Waals surface area contributed by atoms with E-state index in [2.05, 4.69) is 63.7 Å². The van der Waals surface area contributed by atoms with Gasteiger partial charge in [-0.25, -0.2) is 9.20 Å². The van der Waals surface area contributed by atoms with Crippen LogP contribution in [0.15, 0.2) is 59.6 Å². The predicted molar refractivity (Wildman–Crippen MR) is 135 cm³/mol. The quantitative estimate of drug-likeness (QED) is 0.523. The van der Waals surface area contributed by atoms with Gasteiger partial charge >= 0.3 is 0 Å². The third-order valence-electron chi connectivity index (χ3n) is 4.44. The maximum atomic E-state index is 11.4. The molecule has 0 spiro atoms. The van der Waals surface area contributed by atoms with Gasteiger partial charge in [-0.15, -0.1) is 11.3 Å². The van der Waals surface area contributed by atoms with Gasteiger partial charge in [0.25, 0.3) is 0 Å². The second-order valence-corrected chi connectivity index (χ2v) is 8.84.